The topological polar surface area (TPSA) is 83.0 Å². The number of aryl methyl sites for hydroxylation is 1. The maximum Gasteiger partial charge on any atom is 0.257 e. The molecule has 2 aromatic rings. The van der Waals surface area contributed by atoms with Gasteiger partial charge in [-0.1, -0.05) is 12.1 Å². The molecule has 0 aliphatic rings. The van der Waals surface area contributed by atoms with E-state index in [1.165, 1.54) is 6.20 Å². The molecule has 0 aliphatic heterocycles. The van der Waals surface area contributed by atoms with E-state index in [1.54, 1.807) is 36.2 Å². The van der Waals surface area contributed by atoms with Gasteiger partial charge in [0.1, 0.15) is 0 Å². The van der Waals surface area contributed by atoms with Crippen LogP contribution in [0.15, 0.2) is 36.5 Å². The number of hydrogen-bond donors (Lipinski definition) is 1. The highest BCUT2D eigenvalue weighted by Crippen LogP contribution is 2.15. The average molecular weight is 280 g/mol. The van der Waals surface area contributed by atoms with E-state index >= 15 is 0 Å². The van der Waals surface area contributed by atoms with E-state index in [2.05, 4.69) is 11.1 Å². The van der Waals surface area contributed by atoms with Gasteiger partial charge >= 0.3 is 0 Å². The maximum atomic E-state index is 12.4. The minimum atomic E-state index is -0.192. The Bertz CT molecular complexity index is 718. The highest BCUT2D eigenvalue weighted by atomic mass is 16.2. The summed E-state index contributed by atoms with van der Waals surface area (Å²) in [5, 5.41) is 8.89. The van der Waals surface area contributed by atoms with E-state index in [-0.39, 0.29) is 5.91 Å². The first-order valence-corrected chi connectivity index (χ1v) is 6.48. The van der Waals surface area contributed by atoms with Crippen LogP contribution in [0.4, 0.5) is 5.69 Å². The van der Waals surface area contributed by atoms with Crippen molar-refractivity contribution in [3.05, 3.63) is 58.9 Å². The van der Waals surface area contributed by atoms with Crippen LogP contribution in [0.2, 0.25) is 0 Å². The summed E-state index contributed by atoms with van der Waals surface area (Å²) in [5.41, 5.74) is 8.92. The van der Waals surface area contributed by atoms with Crippen molar-refractivity contribution in [2.24, 2.45) is 0 Å². The first kappa shape index (κ1) is 14.5. The summed E-state index contributed by atoms with van der Waals surface area (Å²) >= 11 is 0. The second-order valence-electron chi connectivity index (χ2n) is 4.89. The number of pyridine rings is 1. The number of nitrogen functional groups attached to an aromatic ring is 1. The molecule has 2 N–H and O–H groups in total. The van der Waals surface area contributed by atoms with Gasteiger partial charge in [0.25, 0.3) is 5.91 Å². The molecule has 0 saturated heterocycles. The van der Waals surface area contributed by atoms with Gasteiger partial charge in [-0.05, 0) is 30.7 Å². The average Bonchev–Trinajstić information content (AvgIpc) is 2.46. The van der Waals surface area contributed by atoms with Gasteiger partial charge < -0.3 is 10.6 Å². The molecule has 1 aromatic carbocycles. The van der Waals surface area contributed by atoms with Crippen molar-refractivity contribution in [1.29, 1.82) is 5.26 Å². The Labute approximate surface area is 123 Å². The molecule has 0 fully saturated rings. The lowest BCUT2D eigenvalue weighted by Crippen LogP contribution is -2.27. The third-order valence-electron chi connectivity index (χ3n) is 3.13. The molecule has 5 heteroatoms. The summed E-state index contributed by atoms with van der Waals surface area (Å²) < 4.78 is 0. The van der Waals surface area contributed by atoms with Crippen molar-refractivity contribution in [2.75, 3.05) is 12.8 Å². The summed E-state index contributed by atoms with van der Waals surface area (Å²) in [4.78, 5) is 18.0. The van der Waals surface area contributed by atoms with Crippen LogP contribution < -0.4 is 5.73 Å². The van der Waals surface area contributed by atoms with E-state index in [1.807, 2.05) is 13.0 Å². The van der Waals surface area contributed by atoms with Crippen LogP contribution in [0.25, 0.3) is 0 Å². The SMILES string of the molecule is Cc1cc(N)c(C(=O)N(C)Cc2cccc(C#N)c2)cn1. The van der Waals surface area contributed by atoms with Crippen LogP contribution in [0.5, 0.6) is 0 Å². The van der Waals surface area contributed by atoms with E-state index in [0.29, 0.717) is 23.4 Å². The molecule has 0 saturated carbocycles. The van der Waals surface area contributed by atoms with Crippen molar-refractivity contribution < 1.29 is 4.79 Å². The van der Waals surface area contributed by atoms with Gasteiger partial charge in [-0.25, -0.2) is 0 Å². The smallest absolute Gasteiger partial charge is 0.257 e. The number of benzene rings is 1. The van der Waals surface area contributed by atoms with Gasteiger partial charge in [0.15, 0.2) is 0 Å². The molecule has 0 unspecified atom stereocenters. The summed E-state index contributed by atoms with van der Waals surface area (Å²) in [6, 6.07) is 10.9. The zero-order valence-electron chi connectivity index (χ0n) is 12.0. The lowest BCUT2D eigenvalue weighted by atomic mass is 10.1. The van der Waals surface area contributed by atoms with Crippen molar-refractivity contribution in [1.82, 2.24) is 9.88 Å². The normalized spacial score (nSPS) is 9.95. The minimum absolute atomic E-state index is 0.192. The second kappa shape index (κ2) is 6.06. The van der Waals surface area contributed by atoms with Gasteiger partial charge in [-0.3, -0.25) is 9.78 Å². The van der Waals surface area contributed by atoms with Gasteiger partial charge in [-0.15, -0.1) is 0 Å². The molecule has 21 heavy (non-hydrogen) atoms. The molecule has 0 aliphatic carbocycles. The van der Waals surface area contributed by atoms with Crippen LogP contribution in [-0.4, -0.2) is 22.8 Å². The summed E-state index contributed by atoms with van der Waals surface area (Å²) in [7, 11) is 1.70. The van der Waals surface area contributed by atoms with Gasteiger partial charge in [0.05, 0.1) is 17.2 Å². The number of carbonyl (C=O) groups is 1. The summed E-state index contributed by atoms with van der Waals surface area (Å²) in [5.74, 6) is -0.192. The molecule has 0 bridgehead atoms. The number of aromatic nitrogens is 1. The Morgan fingerprint density at radius 2 is 2.19 bits per heavy atom. The van der Waals surface area contributed by atoms with Crippen LogP contribution in [0.1, 0.15) is 27.2 Å². The van der Waals surface area contributed by atoms with Crippen molar-refractivity contribution in [3.8, 4) is 6.07 Å². The highest BCUT2D eigenvalue weighted by Gasteiger charge is 2.15. The zero-order valence-corrected chi connectivity index (χ0v) is 12.0. The number of hydrogen-bond acceptors (Lipinski definition) is 4. The number of nitriles is 1. The van der Waals surface area contributed by atoms with Crippen LogP contribution in [-0.2, 0) is 6.54 Å². The third-order valence-corrected chi connectivity index (χ3v) is 3.13. The number of rotatable bonds is 3. The molecule has 0 atom stereocenters. The predicted octanol–water partition coefficient (Wildman–Crippen LogP) is 2.12. The monoisotopic (exact) mass is 280 g/mol. The maximum absolute atomic E-state index is 12.4. The first-order chi connectivity index (χ1) is 10.0. The first-order valence-electron chi connectivity index (χ1n) is 6.48. The van der Waals surface area contributed by atoms with Crippen molar-refractivity contribution in [2.45, 2.75) is 13.5 Å². The summed E-state index contributed by atoms with van der Waals surface area (Å²) in [6.07, 6.45) is 1.50. The van der Waals surface area contributed by atoms with Crippen LogP contribution >= 0.6 is 0 Å². The molecular formula is C16H16N4O. The number of nitrogens with two attached hydrogens (primary N) is 1. The predicted molar refractivity (Wildman–Crippen MR) is 80.3 cm³/mol. The fourth-order valence-electron chi connectivity index (χ4n) is 2.05. The molecule has 0 spiro atoms. The van der Waals surface area contributed by atoms with Crippen molar-refractivity contribution >= 4 is 11.6 Å². The Hall–Kier alpha value is -2.87. The van der Waals surface area contributed by atoms with E-state index in [4.69, 9.17) is 11.0 Å². The number of anilines is 1. The van der Waals surface area contributed by atoms with Crippen LogP contribution in [0, 0.1) is 18.3 Å². The fraction of sp³-hybridized carbons (Fsp3) is 0.188. The third kappa shape index (κ3) is 3.37. The Morgan fingerprint density at radius 3 is 2.86 bits per heavy atom. The molecule has 0 radical (unpaired) electrons. The molecule has 1 amide bonds. The summed E-state index contributed by atoms with van der Waals surface area (Å²) in [6.45, 7) is 2.23. The van der Waals surface area contributed by atoms with Gasteiger partial charge in [0.2, 0.25) is 0 Å². The zero-order chi connectivity index (χ0) is 15.4. The molecule has 106 valence electrons. The largest absolute Gasteiger partial charge is 0.398 e. The Balaban J connectivity index is 2.17. The second-order valence-corrected chi connectivity index (χ2v) is 4.89. The van der Waals surface area contributed by atoms with Gasteiger partial charge in [-0.2, -0.15) is 5.26 Å². The lowest BCUT2D eigenvalue weighted by molar-refractivity contribution is 0.0785. The molecule has 5 nitrogen and oxygen atoms in total. The molecule has 1 aromatic heterocycles. The quantitative estimate of drug-likeness (QED) is 0.933. The molecular weight excluding hydrogens is 264 g/mol. The van der Waals surface area contributed by atoms with E-state index in [9.17, 15) is 4.79 Å². The molecule has 1 heterocycles. The Kier molecular flexibility index (Phi) is 4.19. The number of nitrogens with zero attached hydrogens (tertiary/aromatic N) is 3. The number of amides is 1. The van der Waals surface area contributed by atoms with E-state index < -0.39 is 0 Å². The molecule has 2 rings (SSSR count). The van der Waals surface area contributed by atoms with Crippen molar-refractivity contribution in [3.63, 3.8) is 0 Å². The van der Waals surface area contributed by atoms with Gasteiger partial charge in [0, 0.05) is 31.2 Å². The fourth-order valence-corrected chi connectivity index (χ4v) is 2.05. The lowest BCUT2D eigenvalue weighted by Gasteiger charge is -2.18. The highest BCUT2D eigenvalue weighted by molar-refractivity contribution is 5.98. The van der Waals surface area contributed by atoms with E-state index in [0.717, 1.165) is 11.3 Å². The Morgan fingerprint density at radius 1 is 1.43 bits per heavy atom. The van der Waals surface area contributed by atoms with Crippen LogP contribution in [0.3, 0.4) is 0 Å². The number of carbonyl (C=O) groups excluding carboxylic acids is 1. The minimum Gasteiger partial charge on any atom is -0.398 e. The standard InChI is InChI=1S/C16H16N4O/c1-11-6-15(18)14(9-19-11)16(21)20(2)10-13-5-3-4-12(7-13)8-17/h3-7,9H,10H2,1-2H3,(H2,18,19).